The van der Waals surface area contributed by atoms with Crippen LogP contribution in [-0.2, 0) is 23.8 Å². The topological polar surface area (TPSA) is 142 Å². The Morgan fingerprint density at radius 1 is 0.980 bits per heavy atom. The number of carbonyl (C=O) groups excluding carboxylic acids is 4. The fourth-order valence-corrected chi connectivity index (χ4v) is 7.53. The standard InChI is InChI=1S/C38H49FN4O7/c1-38(2,3)50-37(47)41-29(23-39)25-15-17-26(18-16-25)35(45)43-32(22-28(33(43)34(40)44)24-11-6-5-7-12-24)42-30-14-9-8-13-27(30)21-31(42)36(46)49-20-10-19-48-4/h5-9,11-14,21,25-26,28-29,32-33H,10,15-20,22-23H2,1-4H3,(H2,40,44)(H,41,47)/t25-,26-,28-,29?,32?,33+/m1/s1. The largest absolute Gasteiger partial charge is 0.461 e. The minimum Gasteiger partial charge on any atom is -0.461 e. The lowest BCUT2D eigenvalue weighted by Crippen LogP contribution is -2.51. The Bertz CT molecular complexity index is 1650. The molecule has 2 heterocycles. The Labute approximate surface area is 292 Å². The van der Waals surface area contributed by atoms with Crippen LogP contribution >= 0.6 is 0 Å². The molecule has 4 atom stereocenters. The molecule has 3 amide bonds. The summed E-state index contributed by atoms with van der Waals surface area (Å²) in [5, 5.41) is 3.46. The van der Waals surface area contributed by atoms with Gasteiger partial charge in [0.1, 0.15) is 30.2 Å². The van der Waals surface area contributed by atoms with Gasteiger partial charge < -0.3 is 34.7 Å². The average Bonchev–Trinajstić information content (AvgIpc) is 3.68. The number of methoxy groups -OCH3 is 1. The van der Waals surface area contributed by atoms with E-state index in [9.17, 15) is 23.6 Å². The molecule has 270 valence electrons. The first-order valence-corrected chi connectivity index (χ1v) is 17.4. The van der Waals surface area contributed by atoms with Crippen molar-refractivity contribution in [1.29, 1.82) is 0 Å². The van der Waals surface area contributed by atoms with E-state index in [1.807, 2.05) is 59.2 Å². The van der Waals surface area contributed by atoms with E-state index in [4.69, 9.17) is 19.9 Å². The van der Waals surface area contributed by atoms with E-state index in [2.05, 4.69) is 5.32 Å². The van der Waals surface area contributed by atoms with Crippen molar-refractivity contribution < 1.29 is 37.8 Å². The third kappa shape index (κ3) is 8.29. The van der Waals surface area contributed by atoms with Gasteiger partial charge in [0.05, 0.1) is 18.2 Å². The number of rotatable bonds is 12. The molecule has 0 spiro atoms. The Hall–Kier alpha value is -4.45. The normalized spacial score (nSPS) is 23.0. The van der Waals surface area contributed by atoms with Crippen molar-refractivity contribution in [3.63, 3.8) is 0 Å². The van der Waals surface area contributed by atoms with E-state index in [0.29, 0.717) is 45.1 Å². The lowest BCUT2D eigenvalue weighted by atomic mass is 9.78. The van der Waals surface area contributed by atoms with Gasteiger partial charge in [-0.15, -0.1) is 0 Å². The zero-order chi connectivity index (χ0) is 36.0. The van der Waals surface area contributed by atoms with Crippen LogP contribution in [-0.4, -0.2) is 78.0 Å². The van der Waals surface area contributed by atoms with Gasteiger partial charge in [-0.3, -0.25) is 9.59 Å². The van der Waals surface area contributed by atoms with Crippen molar-refractivity contribution in [1.82, 2.24) is 14.8 Å². The van der Waals surface area contributed by atoms with Gasteiger partial charge in [0.25, 0.3) is 0 Å². The molecule has 50 heavy (non-hydrogen) atoms. The zero-order valence-corrected chi connectivity index (χ0v) is 29.3. The molecule has 1 aliphatic carbocycles. The van der Waals surface area contributed by atoms with Crippen LogP contribution in [0.25, 0.3) is 10.9 Å². The molecule has 0 radical (unpaired) electrons. The first-order chi connectivity index (χ1) is 23.9. The summed E-state index contributed by atoms with van der Waals surface area (Å²) in [6.07, 6.45) is 1.31. The fourth-order valence-electron chi connectivity index (χ4n) is 7.53. The van der Waals surface area contributed by atoms with Gasteiger partial charge >= 0.3 is 12.1 Å². The number of halogens is 1. The Morgan fingerprint density at radius 3 is 2.30 bits per heavy atom. The first kappa shape index (κ1) is 36.8. The summed E-state index contributed by atoms with van der Waals surface area (Å²) in [6, 6.07) is 17.0. The maximum absolute atomic E-state index is 14.8. The van der Waals surface area contributed by atoms with E-state index >= 15 is 0 Å². The van der Waals surface area contributed by atoms with Crippen LogP contribution in [0.15, 0.2) is 60.7 Å². The highest BCUT2D eigenvalue weighted by Gasteiger charge is 2.51. The molecule has 1 aromatic heterocycles. The maximum Gasteiger partial charge on any atom is 0.407 e. The number of esters is 1. The second kappa shape index (κ2) is 16.1. The number of para-hydroxylation sites is 1. The molecule has 1 saturated carbocycles. The summed E-state index contributed by atoms with van der Waals surface area (Å²) < 4.78 is 32.1. The predicted octanol–water partition coefficient (Wildman–Crippen LogP) is 5.87. The molecule has 3 N–H and O–H groups in total. The molecule has 12 heteroatoms. The van der Waals surface area contributed by atoms with Crippen molar-refractivity contribution >= 4 is 34.8 Å². The molecule has 1 aliphatic heterocycles. The van der Waals surface area contributed by atoms with Gasteiger partial charge in [-0.2, -0.15) is 0 Å². The number of hydrogen-bond donors (Lipinski definition) is 2. The van der Waals surface area contributed by atoms with Gasteiger partial charge in [0.2, 0.25) is 11.8 Å². The van der Waals surface area contributed by atoms with Crippen LogP contribution in [0.2, 0.25) is 0 Å². The number of alkyl carbamates (subject to hydrolysis) is 1. The Kier molecular flexibility index (Phi) is 11.8. The number of hydrogen-bond acceptors (Lipinski definition) is 7. The smallest absolute Gasteiger partial charge is 0.407 e. The molecular formula is C38H49FN4O7. The van der Waals surface area contributed by atoms with Crippen molar-refractivity contribution in [2.45, 2.75) is 89.1 Å². The summed E-state index contributed by atoms with van der Waals surface area (Å²) in [7, 11) is 1.58. The number of amides is 3. The van der Waals surface area contributed by atoms with Crippen molar-refractivity contribution in [3.8, 4) is 0 Å². The fraction of sp³-hybridized carbons (Fsp3) is 0.526. The van der Waals surface area contributed by atoms with E-state index in [-0.39, 0.29) is 24.1 Å². The number of nitrogens with zero attached hydrogens (tertiary/aromatic N) is 2. The third-order valence-electron chi connectivity index (χ3n) is 9.78. The minimum atomic E-state index is -0.980. The molecule has 1 saturated heterocycles. The van der Waals surface area contributed by atoms with Crippen molar-refractivity contribution in [2.75, 3.05) is 27.0 Å². The van der Waals surface area contributed by atoms with Crippen LogP contribution in [0.5, 0.6) is 0 Å². The van der Waals surface area contributed by atoms with Gasteiger partial charge in [-0.05, 0) is 76.5 Å². The van der Waals surface area contributed by atoms with Gasteiger partial charge in [0, 0.05) is 37.4 Å². The SMILES string of the molecule is COCCCOC(=O)c1cc2ccccc2n1C1C[C@H](c2ccccc2)[C@@H](C(N)=O)N1C(=O)[C@H]1CC[C@H](C(CF)NC(=O)OC(C)(C)C)CC1. The van der Waals surface area contributed by atoms with Crippen LogP contribution in [0, 0.1) is 11.8 Å². The highest BCUT2D eigenvalue weighted by Crippen LogP contribution is 2.47. The molecule has 2 aliphatic rings. The van der Waals surface area contributed by atoms with Gasteiger partial charge in [0.15, 0.2) is 0 Å². The molecule has 0 bridgehead atoms. The number of alkyl halides is 1. The number of nitrogens with two attached hydrogens (primary N) is 1. The number of benzene rings is 2. The molecule has 2 fully saturated rings. The number of likely N-dealkylation sites (tertiary alicyclic amines) is 1. The number of primary amides is 1. The summed E-state index contributed by atoms with van der Waals surface area (Å²) in [5.41, 5.74) is 7.26. The highest BCUT2D eigenvalue weighted by molar-refractivity contribution is 5.96. The molecule has 2 unspecified atom stereocenters. The molecule has 3 aromatic rings. The summed E-state index contributed by atoms with van der Waals surface area (Å²) >= 11 is 0. The zero-order valence-electron chi connectivity index (χ0n) is 29.3. The number of nitrogens with one attached hydrogen (secondary N) is 1. The number of ether oxygens (including phenoxy) is 3. The number of aromatic nitrogens is 1. The summed E-state index contributed by atoms with van der Waals surface area (Å²) in [5.74, 6) is -2.52. The minimum absolute atomic E-state index is 0.157. The second-order valence-electron chi connectivity index (χ2n) is 14.3. The van der Waals surface area contributed by atoms with Crippen LogP contribution < -0.4 is 11.1 Å². The van der Waals surface area contributed by atoms with E-state index < -0.39 is 60.3 Å². The molecule has 5 rings (SSSR count). The quantitative estimate of drug-likeness (QED) is 0.179. The van der Waals surface area contributed by atoms with Crippen molar-refractivity contribution in [3.05, 3.63) is 71.9 Å². The lowest BCUT2D eigenvalue weighted by Gasteiger charge is -2.38. The molecule has 2 aromatic carbocycles. The molecule has 11 nitrogen and oxygen atoms in total. The predicted molar refractivity (Wildman–Crippen MR) is 186 cm³/mol. The average molecular weight is 693 g/mol. The van der Waals surface area contributed by atoms with E-state index in [1.165, 1.54) is 0 Å². The van der Waals surface area contributed by atoms with E-state index in [0.717, 1.165) is 16.5 Å². The van der Waals surface area contributed by atoms with E-state index in [1.54, 1.807) is 38.8 Å². The van der Waals surface area contributed by atoms with Crippen LogP contribution in [0.4, 0.5) is 9.18 Å². The Balaban J connectivity index is 1.47. The number of fused-ring (bicyclic) bond motifs is 1. The lowest BCUT2D eigenvalue weighted by molar-refractivity contribution is -0.146. The van der Waals surface area contributed by atoms with Crippen LogP contribution in [0.1, 0.15) is 87.4 Å². The first-order valence-electron chi connectivity index (χ1n) is 17.4. The van der Waals surface area contributed by atoms with Crippen molar-refractivity contribution in [2.24, 2.45) is 17.6 Å². The second-order valence-corrected chi connectivity index (χ2v) is 14.3. The maximum atomic E-state index is 14.8. The Morgan fingerprint density at radius 2 is 1.66 bits per heavy atom. The highest BCUT2D eigenvalue weighted by atomic mass is 19.1. The third-order valence-corrected chi connectivity index (χ3v) is 9.78. The van der Waals surface area contributed by atoms with Gasteiger partial charge in [-0.25, -0.2) is 14.0 Å². The van der Waals surface area contributed by atoms with Gasteiger partial charge in [-0.1, -0.05) is 48.5 Å². The summed E-state index contributed by atoms with van der Waals surface area (Å²) in [6.45, 7) is 5.06. The monoisotopic (exact) mass is 692 g/mol. The number of carbonyl (C=O) groups is 4. The van der Waals surface area contributed by atoms with Crippen LogP contribution in [0.3, 0.4) is 0 Å². The summed E-state index contributed by atoms with van der Waals surface area (Å²) in [4.78, 5) is 55.8. The molecular weight excluding hydrogens is 643 g/mol.